The number of likely N-dealkylation sites (N-methyl/N-ethyl adjacent to an activating group) is 1. The molecule has 0 aliphatic carbocycles. The number of benzene rings is 2. The number of amides is 2. The zero-order chi connectivity index (χ0) is 20.1. The number of hydrogen-bond acceptors (Lipinski definition) is 4. The summed E-state index contributed by atoms with van der Waals surface area (Å²) in [6, 6.07) is 16.4. The fourth-order valence-corrected chi connectivity index (χ4v) is 3.45. The van der Waals surface area contributed by atoms with Gasteiger partial charge in [0.2, 0.25) is 5.91 Å². The van der Waals surface area contributed by atoms with Crippen molar-refractivity contribution in [2.24, 2.45) is 0 Å². The summed E-state index contributed by atoms with van der Waals surface area (Å²) in [5, 5.41) is 2.96. The minimum Gasteiger partial charge on any atom is -0.377 e. The van der Waals surface area contributed by atoms with E-state index in [-0.39, 0.29) is 17.9 Å². The van der Waals surface area contributed by atoms with Crippen molar-refractivity contribution in [2.45, 2.75) is 19.0 Å². The maximum Gasteiger partial charge on any atom is 0.254 e. The SMILES string of the molecule is CC1COCCN1C(=O)c1cccc(NC(=O)C(c2ccccc2)N(C)C)c1. The molecule has 0 bridgehead atoms. The third kappa shape index (κ3) is 4.58. The first-order valence-corrected chi connectivity index (χ1v) is 9.48. The summed E-state index contributed by atoms with van der Waals surface area (Å²) in [6.45, 7) is 3.65. The number of ether oxygens (including phenoxy) is 1. The number of nitrogens with one attached hydrogen (secondary N) is 1. The topological polar surface area (TPSA) is 61.9 Å². The van der Waals surface area contributed by atoms with E-state index in [1.54, 1.807) is 24.3 Å². The highest BCUT2D eigenvalue weighted by Gasteiger charge is 2.26. The molecule has 2 aromatic carbocycles. The zero-order valence-electron chi connectivity index (χ0n) is 16.6. The summed E-state index contributed by atoms with van der Waals surface area (Å²) in [5.74, 6) is -0.181. The maximum absolute atomic E-state index is 12.9. The van der Waals surface area contributed by atoms with E-state index in [2.05, 4.69) is 5.32 Å². The number of nitrogens with zero attached hydrogens (tertiary/aromatic N) is 2. The van der Waals surface area contributed by atoms with Crippen LogP contribution in [0.5, 0.6) is 0 Å². The van der Waals surface area contributed by atoms with Crippen LogP contribution in [0.2, 0.25) is 0 Å². The molecule has 1 saturated heterocycles. The molecule has 1 fully saturated rings. The molecule has 1 aliphatic rings. The van der Waals surface area contributed by atoms with Crippen LogP contribution in [0, 0.1) is 0 Å². The van der Waals surface area contributed by atoms with Gasteiger partial charge in [0, 0.05) is 17.8 Å². The third-order valence-electron chi connectivity index (χ3n) is 4.89. The van der Waals surface area contributed by atoms with Gasteiger partial charge in [0.1, 0.15) is 6.04 Å². The van der Waals surface area contributed by atoms with Gasteiger partial charge in [-0.1, -0.05) is 36.4 Å². The molecule has 1 aliphatic heterocycles. The summed E-state index contributed by atoms with van der Waals surface area (Å²) in [5.41, 5.74) is 2.09. The minimum atomic E-state index is -0.417. The van der Waals surface area contributed by atoms with E-state index < -0.39 is 6.04 Å². The van der Waals surface area contributed by atoms with Gasteiger partial charge in [-0.2, -0.15) is 0 Å². The minimum absolute atomic E-state index is 0.0377. The molecule has 0 saturated carbocycles. The first-order valence-electron chi connectivity index (χ1n) is 9.48. The molecule has 3 rings (SSSR count). The fourth-order valence-electron chi connectivity index (χ4n) is 3.45. The molecule has 2 atom stereocenters. The van der Waals surface area contributed by atoms with Crippen LogP contribution in [0.1, 0.15) is 28.9 Å². The van der Waals surface area contributed by atoms with Crippen molar-refractivity contribution in [1.29, 1.82) is 0 Å². The average molecular weight is 381 g/mol. The lowest BCUT2D eigenvalue weighted by Gasteiger charge is -2.33. The van der Waals surface area contributed by atoms with Gasteiger partial charge < -0.3 is 15.0 Å². The molecule has 2 aromatic rings. The van der Waals surface area contributed by atoms with Gasteiger partial charge in [0.05, 0.1) is 19.3 Å². The van der Waals surface area contributed by atoms with E-state index in [1.807, 2.05) is 61.2 Å². The number of carbonyl (C=O) groups excluding carboxylic acids is 2. The smallest absolute Gasteiger partial charge is 0.254 e. The Morgan fingerprint density at radius 1 is 1.14 bits per heavy atom. The van der Waals surface area contributed by atoms with E-state index in [1.165, 1.54) is 0 Å². The summed E-state index contributed by atoms with van der Waals surface area (Å²) >= 11 is 0. The summed E-state index contributed by atoms with van der Waals surface area (Å²) in [6.07, 6.45) is 0. The average Bonchev–Trinajstić information content (AvgIpc) is 2.68. The lowest BCUT2D eigenvalue weighted by Crippen LogP contribution is -2.47. The van der Waals surface area contributed by atoms with E-state index >= 15 is 0 Å². The van der Waals surface area contributed by atoms with Gasteiger partial charge in [-0.25, -0.2) is 0 Å². The molecule has 1 N–H and O–H groups in total. The van der Waals surface area contributed by atoms with Gasteiger partial charge >= 0.3 is 0 Å². The van der Waals surface area contributed by atoms with Gasteiger partial charge in [0.15, 0.2) is 0 Å². The Labute approximate surface area is 166 Å². The Kier molecular flexibility index (Phi) is 6.44. The second kappa shape index (κ2) is 8.99. The highest BCUT2D eigenvalue weighted by Crippen LogP contribution is 2.22. The number of carbonyl (C=O) groups is 2. The maximum atomic E-state index is 12.9. The molecule has 6 nitrogen and oxygen atoms in total. The fraction of sp³-hybridized carbons (Fsp3) is 0.364. The normalized spacial score (nSPS) is 18.0. The lowest BCUT2D eigenvalue weighted by molar-refractivity contribution is -0.120. The number of morpholine rings is 1. The van der Waals surface area contributed by atoms with Crippen LogP contribution in [0.3, 0.4) is 0 Å². The van der Waals surface area contributed by atoms with Gasteiger partial charge in [-0.05, 0) is 44.8 Å². The van der Waals surface area contributed by atoms with Crippen molar-refractivity contribution in [2.75, 3.05) is 39.2 Å². The van der Waals surface area contributed by atoms with Crippen LogP contribution in [-0.4, -0.2) is 61.5 Å². The molecular weight excluding hydrogens is 354 g/mol. The van der Waals surface area contributed by atoms with E-state index in [0.717, 1.165) is 5.56 Å². The molecule has 6 heteroatoms. The number of anilines is 1. The molecular formula is C22H27N3O3. The van der Waals surface area contributed by atoms with Crippen LogP contribution in [0.15, 0.2) is 54.6 Å². The highest BCUT2D eigenvalue weighted by molar-refractivity contribution is 5.99. The van der Waals surface area contributed by atoms with E-state index in [4.69, 9.17) is 4.74 Å². The first-order chi connectivity index (χ1) is 13.5. The Morgan fingerprint density at radius 3 is 2.57 bits per heavy atom. The monoisotopic (exact) mass is 381 g/mol. The molecule has 1 heterocycles. The summed E-state index contributed by atoms with van der Waals surface area (Å²) in [4.78, 5) is 29.5. The van der Waals surface area contributed by atoms with Crippen LogP contribution >= 0.6 is 0 Å². The van der Waals surface area contributed by atoms with Crippen LogP contribution in [-0.2, 0) is 9.53 Å². The largest absolute Gasteiger partial charge is 0.377 e. The van der Waals surface area contributed by atoms with Crippen molar-refractivity contribution in [3.05, 3.63) is 65.7 Å². The molecule has 0 radical (unpaired) electrons. The van der Waals surface area contributed by atoms with Crippen molar-refractivity contribution in [1.82, 2.24) is 9.80 Å². The quantitative estimate of drug-likeness (QED) is 0.865. The van der Waals surface area contributed by atoms with Crippen molar-refractivity contribution in [3.63, 3.8) is 0 Å². The lowest BCUT2D eigenvalue weighted by atomic mass is 10.0. The Hall–Kier alpha value is -2.70. The zero-order valence-corrected chi connectivity index (χ0v) is 16.6. The predicted octanol–water partition coefficient (Wildman–Crippen LogP) is 2.79. The predicted molar refractivity (Wildman–Crippen MR) is 109 cm³/mol. The Bertz CT molecular complexity index is 823. The Balaban J connectivity index is 1.76. The molecule has 2 amide bonds. The van der Waals surface area contributed by atoms with Gasteiger partial charge in [0.25, 0.3) is 5.91 Å². The second-order valence-corrected chi connectivity index (χ2v) is 7.27. The molecule has 0 spiro atoms. The van der Waals surface area contributed by atoms with Crippen LogP contribution in [0.4, 0.5) is 5.69 Å². The molecule has 2 unspecified atom stereocenters. The molecule has 28 heavy (non-hydrogen) atoms. The first kappa shape index (κ1) is 20.0. The highest BCUT2D eigenvalue weighted by atomic mass is 16.5. The third-order valence-corrected chi connectivity index (χ3v) is 4.89. The van der Waals surface area contributed by atoms with E-state index in [9.17, 15) is 9.59 Å². The van der Waals surface area contributed by atoms with Crippen molar-refractivity contribution in [3.8, 4) is 0 Å². The number of rotatable bonds is 5. The van der Waals surface area contributed by atoms with Gasteiger partial charge in [-0.15, -0.1) is 0 Å². The Morgan fingerprint density at radius 2 is 1.89 bits per heavy atom. The molecule has 0 aromatic heterocycles. The number of hydrogen-bond donors (Lipinski definition) is 1. The van der Waals surface area contributed by atoms with E-state index in [0.29, 0.717) is 31.0 Å². The molecule has 148 valence electrons. The van der Waals surface area contributed by atoms with Crippen molar-refractivity contribution < 1.29 is 14.3 Å². The standard InChI is InChI=1S/C22H27N3O3/c1-16-15-28-13-12-25(16)22(27)18-10-7-11-19(14-18)23-21(26)20(24(2)3)17-8-5-4-6-9-17/h4-11,14,16,20H,12-13,15H2,1-3H3,(H,23,26). The van der Waals surface area contributed by atoms with Crippen molar-refractivity contribution >= 4 is 17.5 Å². The van der Waals surface area contributed by atoms with Crippen LogP contribution in [0.25, 0.3) is 0 Å². The van der Waals surface area contributed by atoms with Gasteiger partial charge in [-0.3, -0.25) is 14.5 Å². The second-order valence-electron chi connectivity index (χ2n) is 7.27. The van der Waals surface area contributed by atoms with Crippen LogP contribution < -0.4 is 5.32 Å². The summed E-state index contributed by atoms with van der Waals surface area (Å²) < 4.78 is 5.41. The summed E-state index contributed by atoms with van der Waals surface area (Å²) in [7, 11) is 3.74.